The Morgan fingerprint density at radius 2 is 2.27 bits per heavy atom. The maximum absolute atomic E-state index is 13.0. The summed E-state index contributed by atoms with van der Waals surface area (Å²) in [5.41, 5.74) is -0.0569. The largest absolute Gasteiger partial charge is 0.379 e. The molecule has 0 atom stereocenters. The van der Waals surface area contributed by atoms with Gasteiger partial charge in [-0.1, -0.05) is 18.5 Å². The maximum atomic E-state index is 13.0. The number of nitrogens with one attached hydrogen (secondary N) is 1. The van der Waals surface area contributed by atoms with Crippen molar-refractivity contribution in [3.8, 4) is 0 Å². The third-order valence-corrected chi connectivity index (χ3v) is 2.09. The van der Waals surface area contributed by atoms with Gasteiger partial charge >= 0.3 is 0 Å². The molecule has 15 heavy (non-hydrogen) atoms. The van der Waals surface area contributed by atoms with Gasteiger partial charge in [-0.05, 0) is 12.5 Å². The van der Waals surface area contributed by atoms with Crippen LogP contribution in [0.15, 0.2) is 12.1 Å². The van der Waals surface area contributed by atoms with Crippen LogP contribution in [0.25, 0.3) is 0 Å². The predicted octanol–water partition coefficient (Wildman–Crippen LogP) is 3.21. The number of rotatable bonds is 4. The fourth-order valence-electron chi connectivity index (χ4n) is 1.09. The minimum absolute atomic E-state index is 0.126. The Hall–Kier alpha value is -1.36. The number of nitro groups is 1. The molecule has 0 saturated heterocycles. The molecule has 0 aliphatic carbocycles. The van der Waals surface area contributed by atoms with Crippen LogP contribution >= 0.6 is 11.6 Å². The SMILES string of the molecule is CCCNc1cc(Cl)c(F)cc1[N+](=O)[O-]. The van der Waals surface area contributed by atoms with Crippen LogP contribution in [0.4, 0.5) is 15.8 Å². The summed E-state index contributed by atoms with van der Waals surface area (Å²) in [7, 11) is 0. The Balaban J connectivity index is 3.10. The molecule has 6 heteroatoms. The lowest BCUT2D eigenvalue weighted by Crippen LogP contribution is -2.03. The minimum atomic E-state index is -0.787. The van der Waals surface area contributed by atoms with Gasteiger partial charge in [0.05, 0.1) is 16.0 Å². The van der Waals surface area contributed by atoms with Crippen LogP contribution in [-0.2, 0) is 0 Å². The van der Waals surface area contributed by atoms with Crippen molar-refractivity contribution in [2.24, 2.45) is 0 Å². The van der Waals surface area contributed by atoms with Crippen LogP contribution < -0.4 is 5.32 Å². The van der Waals surface area contributed by atoms with Crippen LogP contribution in [0.5, 0.6) is 0 Å². The highest BCUT2D eigenvalue weighted by molar-refractivity contribution is 6.31. The van der Waals surface area contributed by atoms with Crippen molar-refractivity contribution >= 4 is 23.0 Å². The van der Waals surface area contributed by atoms with E-state index >= 15 is 0 Å². The number of hydrogen-bond acceptors (Lipinski definition) is 3. The van der Waals surface area contributed by atoms with Crippen LogP contribution in [-0.4, -0.2) is 11.5 Å². The second-order valence-corrected chi connectivity index (χ2v) is 3.37. The maximum Gasteiger partial charge on any atom is 0.295 e. The fourth-order valence-corrected chi connectivity index (χ4v) is 1.25. The van der Waals surface area contributed by atoms with Crippen molar-refractivity contribution in [2.75, 3.05) is 11.9 Å². The first-order valence-electron chi connectivity index (χ1n) is 4.43. The molecule has 1 rings (SSSR count). The van der Waals surface area contributed by atoms with Crippen molar-refractivity contribution in [3.05, 3.63) is 33.1 Å². The van der Waals surface area contributed by atoms with Gasteiger partial charge in [-0.15, -0.1) is 0 Å². The number of anilines is 1. The van der Waals surface area contributed by atoms with Gasteiger partial charge in [0.15, 0.2) is 0 Å². The molecule has 0 saturated carbocycles. The van der Waals surface area contributed by atoms with E-state index in [1.807, 2.05) is 6.92 Å². The smallest absolute Gasteiger partial charge is 0.295 e. The summed E-state index contributed by atoms with van der Waals surface area (Å²) in [5, 5.41) is 13.3. The van der Waals surface area contributed by atoms with E-state index in [1.165, 1.54) is 6.07 Å². The average molecular weight is 233 g/mol. The van der Waals surface area contributed by atoms with Gasteiger partial charge in [-0.2, -0.15) is 0 Å². The second kappa shape index (κ2) is 4.93. The summed E-state index contributed by atoms with van der Waals surface area (Å²) in [5.74, 6) is -0.787. The molecule has 0 aliphatic heterocycles. The van der Waals surface area contributed by atoms with E-state index in [0.29, 0.717) is 6.54 Å². The van der Waals surface area contributed by atoms with Crippen molar-refractivity contribution in [1.29, 1.82) is 0 Å². The molecule has 0 amide bonds. The van der Waals surface area contributed by atoms with Crippen molar-refractivity contribution in [2.45, 2.75) is 13.3 Å². The molecule has 1 N–H and O–H groups in total. The topological polar surface area (TPSA) is 55.2 Å². The highest BCUT2D eigenvalue weighted by Gasteiger charge is 2.17. The summed E-state index contributed by atoms with van der Waals surface area (Å²) < 4.78 is 13.0. The van der Waals surface area contributed by atoms with Gasteiger partial charge in [0, 0.05) is 6.54 Å². The first kappa shape index (κ1) is 11.7. The summed E-state index contributed by atoms with van der Waals surface area (Å²) in [4.78, 5) is 9.96. The zero-order valence-electron chi connectivity index (χ0n) is 8.09. The van der Waals surface area contributed by atoms with E-state index in [0.717, 1.165) is 12.5 Å². The number of halogens is 2. The fraction of sp³-hybridized carbons (Fsp3) is 0.333. The second-order valence-electron chi connectivity index (χ2n) is 2.97. The third kappa shape index (κ3) is 2.79. The molecule has 4 nitrogen and oxygen atoms in total. The average Bonchev–Trinajstić information content (AvgIpc) is 2.19. The molecule has 0 aliphatic rings. The lowest BCUT2D eigenvalue weighted by atomic mass is 10.2. The van der Waals surface area contributed by atoms with E-state index in [-0.39, 0.29) is 16.4 Å². The molecule has 1 aromatic carbocycles. The van der Waals surface area contributed by atoms with E-state index < -0.39 is 10.7 Å². The Bertz CT molecular complexity index is 385. The van der Waals surface area contributed by atoms with Crippen LogP contribution in [0.1, 0.15) is 13.3 Å². The molecule has 0 bridgehead atoms. The first-order valence-corrected chi connectivity index (χ1v) is 4.81. The van der Waals surface area contributed by atoms with Crippen molar-refractivity contribution < 1.29 is 9.31 Å². The highest BCUT2D eigenvalue weighted by atomic mass is 35.5. The van der Waals surface area contributed by atoms with Gasteiger partial charge in [-0.3, -0.25) is 10.1 Å². The number of hydrogen-bond donors (Lipinski definition) is 1. The molecular formula is C9H10ClFN2O2. The zero-order valence-corrected chi connectivity index (χ0v) is 8.84. The van der Waals surface area contributed by atoms with Gasteiger partial charge in [0.1, 0.15) is 11.5 Å². The highest BCUT2D eigenvalue weighted by Crippen LogP contribution is 2.30. The Morgan fingerprint density at radius 1 is 1.60 bits per heavy atom. The lowest BCUT2D eigenvalue weighted by Gasteiger charge is -2.06. The monoisotopic (exact) mass is 232 g/mol. The van der Waals surface area contributed by atoms with E-state index in [9.17, 15) is 14.5 Å². The van der Waals surface area contributed by atoms with Gasteiger partial charge < -0.3 is 5.32 Å². The van der Waals surface area contributed by atoms with Crippen LogP contribution in [0.2, 0.25) is 5.02 Å². The first-order chi connectivity index (χ1) is 7.06. The van der Waals surface area contributed by atoms with Gasteiger partial charge in [0.25, 0.3) is 5.69 Å². The number of benzene rings is 1. The summed E-state index contributed by atoms with van der Waals surface area (Å²) in [6.07, 6.45) is 0.812. The van der Waals surface area contributed by atoms with Crippen molar-refractivity contribution in [3.63, 3.8) is 0 Å². The normalized spacial score (nSPS) is 10.1. The summed E-state index contributed by atoms with van der Waals surface area (Å²) in [6, 6.07) is 2.05. The molecule has 82 valence electrons. The predicted molar refractivity (Wildman–Crippen MR) is 56.8 cm³/mol. The van der Waals surface area contributed by atoms with Gasteiger partial charge in [0.2, 0.25) is 0 Å². The molecule has 0 heterocycles. The Morgan fingerprint density at radius 3 is 2.80 bits per heavy atom. The number of nitro benzene ring substituents is 1. The quantitative estimate of drug-likeness (QED) is 0.641. The van der Waals surface area contributed by atoms with E-state index in [4.69, 9.17) is 11.6 Å². The zero-order chi connectivity index (χ0) is 11.4. The summed E-state index contributed by atoms with van der Waals surface area (Å²) >= 11 is 5.53. The molecule has 0 aromatic heterocycles. The molecule has 0 fully saturated rings. The molecule has 0 unspecified atom stereocenters. The third-order valence-electron chi connectivity index (χ3n) is 1.80. The van der Waals surface area contributed by atoms with Crippen molar-refractivity contribution in [1.82, 2.24) is 0 Å². The molecule has 1 aromatic rings. The standard InChI is InChI=1S/C9H10ClFN2O2/c1-2-3-12-8-4-6(10)7(11)5-9(8)13(14)15/h4-5,12H,2-3H2,1H3. The summed E-state index contributed by atoms with van der Waals surface area (Å²) in [6.45, 7) is 2.49. The Kier molecular flexibility index (Phi) is 3.85. The minimum Gasteiger partial charge on any atom is -0.379 e. The van der Waals surface area contributed by atoms with E-state index in [1.54, 1.807) is 0 Å². The van der Waals surface area contributed by atoms with Gasteiger partial charge in [-0.25, -0.2) is 4.39 Å². The molecule has 0 spiro atoms. The van der Waals surface area contributed by atoms with Crippen LogP contribution in [0.3, 0.4) is 0 Å². The van der Waals surface area contributed by atoms with Crippen LogP contribution in [0, 0.1) is 15.9 Å². The lowest BCUT2D eigenvalue weighted by molar-refractivity contribution is -0.384. The molecular weight excluding hydrogens is 223 g/mol. The Labute approximate surface area is 91.2 Å². The molecule has 0 radical (unpaired) electrons. The van der Waals surface area contributed by atoms with E-state index in [2.05, 4.69) is 5.32 Å². The number of nitrogens with zero attached hydrogens (tertiary/aromatic N) is 1.